The van der Waals surface area contributed by atoms with Gasteiger partial charge in [0.25, 0.3) is 0 Å². The molecule has 90 valence electrons. The molecular formula is C14H16O3. The molecular weight excluding hydrogens is 216 g/mol. The van der Waals surface area contributed by atoms with E-state index in [1.807, 2.05) is 13.0 Å². The van der Waals surface area contributed by atoms with E-state index in [0.717, 1.165) is 11.1 Å². The minimum atomic E-state index is -0.950. The number of aromatic carboxylic acids is 1. The van der Waals surface area contributed by atoms with Crippen LogP contribution in [0.25, 0.3) is 11.0 Å². The maximum absolute atomic E-state index is 11.1. The summed E-state index contributed by atoms with van der Waals surface area (Å²) in [7, 11) is 0. The van der Waals surface area contributed by atoms with Crippen molar-refractivity contribution in [3.05, 3.63) is 35.1 Å². The highest BCUT2D eigenvalue weighted by Crippen LogP contribution is 2.33. The number of hydrogen-bond acceptors (Lipinski definition) is 2. The molecule has 2 rings (SSSR count). The monoisotopic (exact) mass is 232 g/mol. The molecule has 0 aliphatic heterocycles. The van der Waals surface area contributed by atoms with Crippen molar-refractivity contribution in [2.24, 2.45) is 0 Å². The summed E-state index contributed by atoms with van der Waals surface area (Å²) < 4.78 is 5.44. The first-order valence-corrected chi connectivity index (χ1v) is 5.56. The summed E-state index contributed by atoms with van der Waals surface area (Å²) in [6, 6.07) is 3.91. The Hall–Kier alpha value is -1.77. The predicted octanol–water partition coefficient (Wildman–Crippen LogP) is 3.74. The first-order chi connectivity index (χ1) is 7.80. The average Bonchev–Trinajstić information content (AvgIpc) is 2.57. The van der Waals surface area contributed by atoms with Gasteiger partial charge in [0, 0.05) is 10.9 Å². The molecule has 0 unspecified atom stereocenters. The van der Waals surface area contributed by atoms with Crippen LogP contribution in [0.3, 0.4) is 0 Å². The summed E-state index contributed by atoms with van der Waals surface area (Å²) in [4.78, 5) is 11.1. The number of carbonyl (C=O) groups is 1. The summed E-state index contributed by atoms with van der Waals surface area (Å²) in [5, 5.41) is 9.78. The number of benzene rings is 1. The van der Waals surface area contributed by atoms with Gasteiger partial charge in [-0.3, -0.25) is 0 Å². The summed E-state index contributed by atoms with van der Waals surface area (Å²) >= 11 is 0. The van der Waals surface area contributed by atoms with Crippen LogP contribution < -0.4 is 0 Å². The van der Waals surface area contributed by atoms with Gasteiger partial charge in [0.15, 0.2) is 0 Å². The van der Waals surface area contributed by atoms with E-state index in [2.05, 4.69) is 26.8 Å². The highest BCUT2D eigenvalue weighted by atomic mass is 16.4. The fourth-order valence-electron chi connectivity index (χ4n) is 2.00. The molecule has 2 aromatic rings. The first kappa shape index (κ1) is 11.7. The van der Waals surface area contributed by atoms with Crippen LogP contribution in [0.5, 0.6) is 0 Å². The Morgan fingerprint density at radius 1 is 1.29 bits per heavy atom. The number of fused-ring (bicyclic) bond motifs is 1. The van der Waals surface area contributed by atoms with Crippen LogP contribution in [0.15, 0.2) is 22.8 Å². The fraction of sp³-hybridized carbons (Fsp3) is 0.357. The minimum Gasteiger partial charge on any atom is -0.478 e. The van der Waals surface area contributed by atoms with Gasteiger partial charge in [-0.05, 0) is 24.0 Å². The summed E-state index contributed by atoms with van der Waals surface area (Å²) in [6.45, 7) is 8.23. The summed E-state index contributed by atoms with van der Waals surface area (Å²) in [6.07, 6.45) is 1.32. The van der Waals surface area contributed by atoms with Crippen LogP contribution in [0.2, 0.25) is 0 Å². The van der Waals surface area contributed by atoms with Crippen molar-refractivity contribution in [2.75, 3.05) is 0 Å². The van der Waals surface area contributed by atoms with E-state index in [9.17, 15) is 4.79 Å². The molecule has 0 radical (unpaired) electrons. The van der Waals surface area contributed by atoms with Crippen molar-refractivity contribution in [2.45, 2.75) is 33.1 Å². The maximum atomic E-state index is 11.1. The molecule has 0 saturated heterocycles. The van der Waals surface area contributed by atoms with E-state index < -0.39 is 5.97 Å². The summed E-state index contributed by atoms with van der Waals surface area (Å²) in [5.74, 6) is -0.950. The van der Waals surface area contributed by atoms with Crippen molar-refractivity contribution in [3.8, 4) is 0 Å². The molecule has 0 amide bonds. The normalized spacial score (nSPS) is 12.0. The molecule has 0 fully saturated rings. The van der Waals surface area contributed by atoms with Gasteiger partial charge >= 0.3 is 5.97 Å². The standard InChI is InChI=1S/C14H16O3/c1-8-5-9-10(13(15)16)7-17-12(9)11(6-8)14(2,3)4/h5-7H,1-4H3,(H,15,16). The van der Waals surface area contributed by atoms with Gasteiger partial charge < -0.3 is 9.52 Å². The van der Waals surface area contributed by atoms with E-state index in [-0.39, 0.29) is 11.0 Å². The van der Waals surface area contributed by atoms with Crippen LogP contribution in [0.4, 0.5) is 0 Å². The minimum absolute atomic E-state index is 0.0715. The smallest absolute Gasteiger partial charge is 0.339 e. The third kappa shape index (κ3) is 1.93. The maximum Gasteiger partial charge on any atom is 0.339 e. The highest BCUT2D eigenvalue weighted by molar-refractivity contribution is 6.03. The molecule has 0 aliphatic carbocycles. The Morgan fingerprint density at radius 2 is 1.94 bits per heavy atom. The third-order valence-electron chi connectivity index (χ3n) is 2.86. The lowest BCUT2D eigenvalue weighted by Crippen LogP contribution is -2.11. The molecule has 1 aromatic carbocycles. The lowest BCUT2D eigenvalue weighted by Gasteiger charge is -2.19. The number of carboxylic acids is 1. The molecule has 0 saturated carbocycles. The van der Waals surface area contributed by atoms with Crippen LogP contribution in [0, 0.1) is 6.92 Å². The fourth-order valence-corrected chi connectivity index (χ4v) is 2.00. The molecule has 0 spiro atoms. The topological polar surface area (TPSA) is 50.4 Å². The van der Waals surface area contributed by atoms with Crippen LogP contribution >= 0.6 is 0 Å². The van der Waals surface area contributed by atoms with Gasteiger partial charge in [-0.1, -0.05) is 26.8 Å². The van der Waals surface area contributed by atoms with Gasteiger partial charge in [-0.25, -0.2) is 4.79 Å². The van der Waals surface area contributed by atoms with Gasteiger partial charge in [-0.2, -0.15) is 0 Å². The van der Waals surface area contributed by atoms with Gasteiger partial charge in [0.2, 0.25) is 0 Å². The number of furan rings is 1. The zero-order chi connectivity index (χ0) is 12.8. The molecule has 0 atom stereocenters. The number of aryl methyl sites for hydroxylation is 1. The Labute approximate surface area is 100 Å². The highest BCUT2D eigenvalue weighted by Gasteiger charge is 2.22. The average molecular weight is 232 g/mol. The Balaban J connectivity index is 2.84. The molecule has 1 aromatic heterocycles. The zero-order valence-corrected chi connectivity index (χ0v) is 10.5. The predicted molar refractivity (Wildman–Crippen MR) is 66.6 cm³/mol. The number of carboxylic acid groups (broad SMARTS) is 1. The molecule has 0 bridgehead atoms. The Kier molecular flexibility index (Phi) is 2.49. The molecule has 0 aliphatic rings. The number of rotatable bonds is 1. The largest absolute Gasteiger partial charge is 0.478 e. The molecule has 3 heteroatoms. The SMILES string of the molecule is Cc1cc(C(C)(C)C)c2occ(C(=O)O)c2c1. The number of hydrogen-bond donors (Lipinski definition) is 1. The lowest BCUT2D eigenvalue weighted by molar-refractivity contribution is 0.0698. The zero-order valence-electron chi connectivity index (χ0n) is 10.5. The molecule has 3 nitrogen and oxygen atoms in total. The second kappa shape index (κ2) is 3.62. The van der Waals surface area contributed by atoms with E-state index in [1.165, 1.54) is 6.26 Å². The van der Waals surface area contributed by atoms with Crippen molar-refractivity contribution < 1.29 is 14.3 Å². The second-order valence-corrected chi connectivity index (χ2v) is 5.39. The van der Waals surface area contributed by atoms with Crippen molar-refractivity contribution in [3.63, 3.8) is 0 Å². The van der Waals surface area contributed by atoms with Crippen LogP contribution in [0.1, 0.15) is 42.3 Å². The van der Waals surface area contributed by atoms with Crippen LogP contribution in [-0.4, -0.2) is 11.1 Å². The molecule has 1 N–H and O–H groups in total. The van der Waals surface area contributed by atoms with Crippen molar-refractivity contribution >= 4 is 16.9 Å². The van der Waals surface area contributed by atoms with Crippen LogP contribution in [-0.2, 0) is 5.41 Å². The second-order valence-electron chi connectivity index (χ2n) is 5.39. The van der Waals surface area contributed by atoms with Crippen molar-refractivity contribution in [1.29, 1.82) is 0 Å². The van der Waals surface area contributed by atoms with Gasteiger partial charge in [0.1, 0.15) is 17.4 Å². The van der Waals surface area contributed by atoms with E-state index in [4.69, 9.17) is 9.52 Å². The Morgan fingerprint density at radius 3 is 2.47 bits per heavy atom. The molecule has 1 heterocycles. The van der Waals surface area contributed by atoms with E-state index >= 15 is 0 Å². The quantitative estimate of drug-likeness (QED) is 0.814. The Bertz CT molecular complexity index is 585. The third-order valence-corrected chi connectivity index (χ3v) is 2.86. The summed E-state index contributed by atoms with van der Waals surface area (Å²) in [5.41, 5.74) is 2.93. The van der Waals surface area contributed by atoms with E-state index in [0.29, 0.717) is 11.0 Å². The van der Waals surface area contributed by atoms with Gasteiger partial charge in [-0.15, -0.1) is 0 Å². The lowest BCUT2D eigenvalue weighted by atomic mass is 9.85. The van der Waals surface area contributed by atoms with Gasteiger partial charge in [0.05, 0.1) is 0 Å². The van der Waals surface area contributed by atoms with E-state index in [1.54, 1.807) is 0 Å². The first-order valence-electron chi connectivity index (χ1n) is 5.56. The molecule has 17 heavy (non-hydrogen) atoms. The van der Waals surface area contributed by atoms with Crippen molar-refractivity contribution in [1.82, 2.24) is 0 Å².